The second-order valence-electron chi connectivity index (χ2n) is 5.63. The number of nitrogens with one attached hydrogen (secondary N) is 1. The molecule has 1 aromatic rings. The lowest BCUT2D eigenvalue weighted by Gasteiger charge is -2.20. The van der Waals surface area contributed by atoms with Crippen LogP contribution in [-0.4, -0.2) is 44.6 Å². The van der Waals surface area contributed by atoms with E-state index in [-0.39, 0.29) is 10.9 Å². The molecule has 0 aliphatic carbocycles. The van der Waals surface area contributed by atoms with E-state index in [1.807, 2.05) is 14.0 Å². The highest BCUT2D eigenvalue weighted by Gasteiger charge is 2.23. The van der Waals surface area contributed by atoms with Gasteiger partial charge in [-0.1, -0.05) is 19.1 Å². The number of rotatable bonds is 6. The third kappa shape index (κ3) is 4.03. The number of aliphatic hydroxyl groups is 1. The van der Waals surface area contributed by atoms with Crippen LogP contribution in [0.2, 0.25) is 0 Å². The summed E-state index contributed by atoms with van der Waals surface area (Å²) in [4.78, 5) is 2.40. The number of likely N-dealkylation sites (tertiary alicyclic amines) is 1. The molecule has 6 heteroatoms. The standard InChI is InChI=1S/C15H24N2O3S/c1-3-15(18)12-6-4-8-14(10-12)21(19,20)16-11-13-7-5-9-17(13)2/h4,6,8,10,13,15-16,18H,3,5,7,9,11H2,1-2H3. The van der Waals surface area contributed by atoms with Gasteiger partial charge in [0.15, 0.2) is 0 Å². The van der Waals surface area contributed by atoms with Gasteiger partial charge in [-0.25, -0.2) is 13.1 Å². The van der Waals surface area contributed by atoms with Gasteiger partial charge >= 0.3 is 0 Å². The SMILES string of the molecule is CCC(O)c1cccc(S(=O)(=O)NCC2CCCN2C)c1. The lowest BCUT2D eigenvalue weighted by molar-refractivity contribution is 0.173. The summed E-state index contributed by atoms with van der Waals surface area (Å²) >= 11 is 0. The average Bonchev–Trinajstić information content (AvgIpc) is 2.90. The summed E-state index contributed by atoms with van der Waals surface area (Å²) in [5.74, 6) is 0. The summed E-state index contributed by atoms with van der Waals surface area (Å²) in [6.45, 7) is 3.31. The molecule has 2 atom stereocenters. The Morgan fingerprint density at radius 1 is 1.48 bits per heavy atom. The molecule has 2 rings (SSSR count). The molecule has 0 amide bonds. The Balaban J connectivity index is 2.08. The smallest absolute Gasteiger partial charge is 0.240 e. The highest BCUT2D eigenvalue weighted by molar-refractivity contribution is 7.89. The van der Waals surface area contributed by atoms with E-state index in [1.165, 1.54) is 0 Å². The second kappa shape index (κ2) is 6.87. The molecule has 1 aliphatic rings. The summed E-state index contributed by atoms with van der Waals surface area (Å²) < 4.78 is 27.4. The molecule has 0 saturated carbocycles. The third-order valence-electron chi connectivity index (χ3n) is 4.12. The predicted molar refractivity (Wildman–Crippen MR) is 82.5 cm³/mol. The molecule has 1 aromatic carbocycles. The van der Waals surface area contributed by atoms with Gasteiger partial charge in [0.2, 0.25) is 10.0 Å². The molecule has 2 N–H and O–H groups in total. The van der Waals surface area contributed by atoms with Gasteiger partial charge in [0.1, 0.15) is 0 Å². The van der Waals surface area contributed by atoms with Crippen LogP contribution < -0.4 is 4.72 Å². The van der Waals surface area contributed by atoms with Crippen LogP contribution in [0, 0.1) is 0 Å². The molecule has 2 unspecified atom stereocenters. The zero-order valence-electron chi connectivity index (χ0n) is 12.6. The molecular formula is C15H24N2O3S. The minimum Gasteiger partial charge on any atom is -0.388 e. The second-order valence-corrected chi connectivity index (χ2v) is 7.39. The molecule has 1 heterocycles. The maximum Gasteiger partial charge on any atom is 0.240 e. The summed E-state index contributed by atoms with van der Waals surface area (Å²) in [5.41, 5.74) is 0.637. The van der Waals surface area contributed by atoms with E-state index in [0.29, 0.717) is 18.5 Å². The minimum absolute atomic E-state index is 0.216. The van der Waals surface area contributed by atoms with E-state index in [0.717, 1.165) is 19.4 Å². The number of sulfonamides is 1. The van der Waals surface area contributed by atoms with Crippen LogP contribution in [0.1, 0.15) is 37.9 Å². The van der Waals surface area contributed by atoms with Crippen molar-refractivity contribution in [1.82, 2.24) is 9.62 Å². The first kappa shape index (κ1) is 16.4. The highest BCUT2D eigenvalue weighted by Crippen LogP contribution is 2.20. The van der Waals surface area contributed by atoms with Crippen LogP contribution >= 0.6 is 0 Å². The number of benzene rings is 1. The maximum absolute atomic E-state index is 12.3. The first-order valence-corrected chi connectivity index (χ1v) is 8.90. The molecular weight excluding hydrogens is 288 g/mol. The first-order valence-electron chi connectivity index (χ1n) is 7.42. The Morgan fingerprint density at radius 2 is 2.24 bits per heavy atom. The van der Waals surface area contributed by atoms with E-state index >= 15 is 0 Å². The van der Waals surface area contributed by atoms with Crippen molar-refractivity contribution >= 4 is 10.0 Å². The van der Waals surface area contributed by atoms with Gasteiger partial charge in [0.05, 0.1) is 11.0 Å². The monoisotopic (exact) mass is 312 g/mol. The fourth-order valence-electron chi connectivity index (χ4n) is 2.65. The van der Waals surface area contributed by atoms with Gasteiger partial charge in [0.25, 0.3) is 0 Å². The normalized spacial score (nSPS) is 21.6. The Bertz CT molecular complexity index is 574. The zero-order chi connectivity index (χ0) is 15.5. The Morgan fingerprint density at radius 3 is 2.86 bits per heavy atom. The number of hydrogen-bond donors (Lipinski definition) is 2. The lowest BCUT2D eigenvalue weighted by Crippen LogP contribution is -2.38. The fraction of sp³-hybridized carbons (Fsp3) is 0.600. The number of hydrogen-bond acceptors (Lipinski definition) is 4. The van der Waals surface area contributed by atoms with E-state index in [4.69, 9.17) is 0 Å². The van der Waals surface area contributed by atoms with Crippen molar-refractivity contribution in [2.24, 2.45) is 0 Å². The largest absolute Gasteiger partial charge is 0.388 e. The van der Waals surface area contributed by atoms with E-state index in [2.05, 4.69) is 9.62 Å². The highest BCUT2D eigenvalue weighted by atomic mass is 32.2. The number of nitrogens with zero attached hydrogens (tertiary/aromatic N) is 1. The van der Waals surface area contributed by atoms with Crippen LogP contribution in [-0.2, 0) is 10.0 Å². The van der Waals surface area contributed by atoms with Crippen molar-refractivity contribution in [1.29, 1.82) is 0 Å². The van der Waals surface area contributed by atoms with Crippen LogP contribution in [0.5, 0.6) is 0 Å². The van der Waals surface area contributed by atoms with Crippen molar-refractivity contribution in [3.05, 3.63) is 29.8 Å². The van der Waals surface area contributed by atoms with Crippen molar-refractivity contribution in [3.63, 3.8) is 0 Å². The number of likely N-dealkylation sites (N-methyl/N-ethyl adjacent to an activating group) is 1. The van der Waals surface area contributed by atoms with Gasteiger partial charge in [0, 0.05) is 12.6 Å². The van der Waals surface area contributed by atoms with Gasteiger partial charge in [-0.05, 0) is 50.6 Å². The van der Waals surface area contributed by atoms with Crippen LogP contribution in [0.15, 0.2) is 29.2 Å². The minimum atomic E-state index is -3.52. The van der Waals surface area contributed by atoms with Crippen molar-refractivity contribution in [2.45, 2.75) is 43.2 Å². The molecule has 1 saturated heterocycles. The molecule has 0 spiro atoms. The third-order valence-corrected chi connectivity index (χ3v) is 5.54. The quantitative estimate of drug-likeness (QED) is 0.835. The predicted octanol–water partition coefficient (Wildman–Crippen LogP) is 1.50. The summed E-state index contributed by atoms with van der Waals surface area (Å²) in [5, 5.41) is 9.83. The van der Waals surface area contributed by atoms with Gasteiger partial charge in [-0.2, -0.15) is 0 Å². The van der Waals surface area contributed by atoms with Crippen molar-refractivity contribution < 1.29 is 13.5 Å². The number of aliphatic hydroxyl groups excluding tert-OH is 1. The Labute approximate surface area is 127 Å². The first-order chi connectivity index (χ1) is 9.94. The molecule has 0 aromatic heterocycles. The lowest BCUT2D eigenvalue weighted by atomic mass is 10.1. The summed E-state index contributed by atoms with van der Waals surface area (Å²) in [7, 11) is -1.51. The molecule has 1 aliphatic heterocycles. The van der Waals surface area contributed by atoms with Crippen LogP contribution in [0.4, 0.5) is 0 Å². The van der Waals surface area contributed by atoms with Crippen LogP contribution in [0.3, 0.4) is 0 Å². The van der Waals surface area contributed by atoms with E-state index < -0.39 is 16.1 Å². The molecule has 118 valence electrons. The van der Waals surface area contributed by atoms with Gasteiger partial charge in [-0.3, -0.25) is 0 Å². The fourth-order valence-corrected chi connectivity index (χ4v) is 3.78. The molecule has 21 heavy (non-hydrogen) atoms. The maximum atomic E-state index is 12.3. The van der Waals surface area contributed by atoms with Crippen molar-refractivity contribution in [2.75, 3.05) is 20.1 Å². The average molecular weight is 312 g/mol. The summed E-state index contributed by atoms with van der Waals surface area (Å²) in [6, 6.07) is 6.80. The Kier molecular flexibility index (Phi) is 5.37. The van der Waals surface area contributed by atoms with Gasteiger partial charge < -0.3 is 10.0 Å². The molecule has 5 nitrogen and oxygen atoms in total. The molecule has 0 bridgehead atoms. The summed E-state index contributed by atoms with van der Waals surface area (Å²) in [6.07, 6.45) is 2.07. The Hall–Kier alpha value is -0.950. The molecule has 0 radical (unpaired) electrons. The van der Waals surface area contributed by atoms with E-state index in [1.54, 1.807) is 24.3 Å². The topological polar surface area (TPSA) is 69.6 Å². The van der Waals surface area contributed by atoms with Crippen molar-refractivity contribution in [3.8, 4) is 0 Å². The zero-order valence-corrected chi connectivity index (χ0v) is 13.4. The molecule has 1 fully saturated rings. The van der Waals surface area contributed by atoms with E-state index in [9.17, 15) is 13.5 Å². The van der Waals surface area contributed by atoms with Crippen LogP contribution in [0.25, 0.3) is 0 Å². The van der Waals surface area contributed by atoms with Gasteiger partial charge in [-0.15, -0.1) is 0 Å².